The Balaban J connectivity index is 2.49. The molecule has 0 aliphatic heterocycles. The monoisotopic (exact) mass is 176 g/mol. The quantitative estimate of drug-likeness (QED) is 0.760. The molecular formula is C10H12N2O. The molecule has 3 nitrogen and oxygen atoms in total. The molecule has 13 heavy (non-hydrogen) atoms. The average molecular weight is 176 g/mol. The molecule has 0 aliphatic rings. The first kappa shape index (κ1) is 8.26. The number of rotatable bonds is 2. The van der Waals surface area contributed by atoms with Gasteiger partial charge in [0.15, 0.2) is 11.5 Å². The zero-order valence-electron chi connectivity index (χ0n) is 7.53. The summed E-state index contributed by atoms with van der Waals surface area (Å²) >= 11 is 0. The summed E-state index contributed by atoms with van der Waals surface area (Å²) in [4.78, 5) is 4.34. The van der Waals surface area contributed by atoms with Crippen molar-refractivity contribution in [2.45, 2.75) is 12.8 Å². The van der Waals surface area contributed by atoms with Crippen LogP contribution in [0.15, 0.2) is 28.7 Å². The maximum Gasteiger partial charge on any atom is 0.199 e. The highest BCUT2D eigenvalue weighted by molar-refractivity contribution is 5.72. The van der Waals surface area contributed by atoms with Crippen LogP contribution in [-0.4, -0.2) is 11.5 Å². The molecule has 0 spiro atoms. The molecule has 1 heterocycles. The third kappa shape index (κ3) is 1.42. The Morgan fingerprint density at radius 3 is 2.92 bits per heavy atom. The zero-order chi connectivity index (χ0) is 9.26. The molecule has 0 radical (unpaired) electrons. The highest BCUT2D eigenvalue weighted by Crippen LogP contribution is 2.19. The van der Waals surface area contributed by atoms with Gasteiger partial charge in [0.2, 0.25) is 0 Å². The van der Waals surface area contributed by atoms with Crippen molar-refractivity contribution in [3.05, 3.63) is 30.2 Å². The number of para-hydroxylation sites is 2. The van der Waals surface area contributed by atoms with Crippen LogP contribution in [0.1, 0.15) is 18.7 Å². The van der Waals surface area contributed by atoms with Gasteiger partial charge in [0, 0.05) is 12.5 Å². The predicted molar refractivity (Wildman–Crippen MR) is 51.5 cm³/mol. The number of fused-ring (bicyclic) bond motifs is 1. The fourth-order valence-electron chi connectivity index (χ4n) is 1.20. The Morgan fingerprint density at radius 1 is 1.46 bits per heavy atom. The summed E-state index contributed by atoms with van der Waals surface area (Å²) in [5.74, 6) is 0.913. The van der Waals surface area contributed by atoms with Crippen LogP contribution >= 0.6 is 0 Å². The molecule has 2 aromatic rings. The summed E-state index contributed by atoms with van der Waals surface area (Å²) < 4.78 is 5.53. The first-order valence-corrected chi connectivity index (χ1v) is 4.37. The molecule has 0 aliphatic carbocycles. The summed E-state index contributed by atoms with van der Waals surface area (Å²) in [6.45, 7) is 2.57. The van der Waals surface area contributed by atoms with Gasteiger partial charge in [-0.15, -0.1) is 0 Å². The SMILES string of the molecule is C[C@@H](CN)c1nc2ccccc2o1. The van der Waals surface area contributed by atoms with Gasteiger partial charge >= 0.3 is 0 Å². The summed E-state index contributed by atoms with van der Waals surface area (Å²) in [5.41, 5.74) is 7.26. The predicted octanol–water partition coefficient (Wildman–Crippen LogP) is 1.89. The molecule has 0 saturated heterocycles. The van der Waals surface area contributed by atoms with E-state index in [-0.39, 0.29) is 5.92 Å². The molecule has 2 rings (SSSR count). The fourth-order valence-corrected chi connectivity index (χ4v) is 1.20. The van der Waals surface area contributed by atoms with Crippen molar-refractivity contribution in [3.63, 3.8) is 0 Å². The second-order valence-electron chi connectivity index (χ2n) is 3.16. The smallest absolute Gasteiger partial charge is 0.199 e. The Kier molecular flexibility index (Phi) is 2.02. The Hall–Kier alpha value is -1.35. The van der Waals surface area contributed by atoms with Crippen LogP contribution in [0, 0.1) is 0 Å². The number of hydrogen-bond acceptors (Lipinski definition) is 3. The fraction of sp³-hybridized carbons (Fsp3) is 0.300. The maximum atomic E-state index is 5.53. The Morgan fingerprint density at radius 2 is 2.23 bits per heavy atom. The van der Waals surface area contributed by atoms with Gasteiger partial charge in [-0.05, 0) is 12.1 Å². The van der Waals surface area contributed by atoms with E-state index in [0.717, 1.165) is 17.0 Å². The van der Waals surface area contributed by atoms with Crippen LogP contribution in [-0.2, 0) is 0 Å². The topological polar surface area (TPSA) is 52.0 Å². The summed E-state index contributed by atoms with van der Waals surface area (Å²) in [6.07, 6.45) is 0. The lowest BCUT2D eigenvalue weighted by molar-refractivity contribution is 0.489. The number of nitrogens with zero attached hydrogens (tertiary/aromatic N) is 1. The van der Waals surface area contributed by atoms with E-state index in [1.165, 1.54) is 0 Å². The van der Waals surface area contributed by atoms with Gasteiger partial charge in [-0.1, -0.05) is 19.1 Å². The number of nitrogens with two attached hydrogens (primary N) is 1. The van der Waals surface area contributed by atoms with E-state index in [0.29, 0.717) is 6.54 Å². The van der Waals surface area contributed by atoms with Crippen molar-refractivity contribution in [1.82, 2.24) is 4.98 Å². The minimum atomic E-state index is 0.187. The summed E-state index contributed by atoms with van der Waals surface area (Å²) in [6, 6.07) is 7.73. The first-order chi connectivity index (χ1) is 6.31. The molecule has 2 N–H and O–H groups in total. The molecule has 1 atom stereocenters. The Labute approximate surface area is 76.6 Å². The van der Waals surface area contributed by atoms with Gasteiger partial charge in [0.05, 0.1) is 0 Å². The minimum Gasteiger partial charge on any atom is -0.440 e. The largest absolute Gasteiger partial charge is 0.440 e. The molecule has 0 unspecified atom stereocenters. The molecule has 0 saturated carbocycles. The maximum absolute atomic E-state index is 5.53. The van der Waals surface area contributed by atoms with Crippen molar-refractivity contribution in [1.29, 1.82) is 0 Å². The van der Waals surface area contributed by atoms with Crippen molar-refractivity contribution in [3.8, 4) is 0 Å². The molecule has 3 heteroatoms. The van der Waals surface area contributed by atoms with Crippen LogP contribution in [0.25, 0.3) is 11.1 Å². The molecular weight excluding hydrogens is 164 g/mol. The second kappa shape index (κ2) is 3.18. The zero-order valence-corrected chi connectivity index (χ0v) is 7.53. The number of aromatic nitrogens is 1. The van der Waals surface area contributed by atoms with E-state index in [2.05, 4.69) is 4.98 Å². The van der Waals surface area contributed by atoms with Crippen LogP contribution in [0.3, 0.4) is 0 Å². The molecule has 0 amide bonds. The minimum absolute atomic E-state index is 0.187. The number of benzene rings is 1. The van der Waals surface area contributed by atoms with Gasteiger partial charge in [-0.2, -0.15) is 0 Å². The van der Waals surface area contributed by atoms with Crippen molar-refractivity contribution >= 4 is 11.1 Å². The lowest BCUT2D eigenvalue weighted by Gasteiger charge is -1.99. The molecule has 0 bridgehead atoms. The van der Waals surface area contributed by atoms with Gasteiger partial charge < -0.3 is 10.2 Å². The van der Waals surface area contributed by atoms with E-state index in [9.17, 15) is 0 Å². The van der Waals surface area contributed by atoms with E-state index in [4.69, 9.17) is 10.2 Å². The van der Waals surface area contributed by atoms with Gasteiger partial charge in [-0.3, -0.25) is 0 Å². The van der Waals surface area contributed by atoms with Gasteiger partial charge in [0.1, 0.15) is 5.52 Å². The summed E-state index contributed by atoms with van der Waals surface area (Å²) in [7, 11) is 0. The highest BCUT2D eigenvalue weighted by atomic mass is 16.3. The number of oxazole rings is 1. The van der Waals surface area contributed by atoms with Gasteiger partial charge in [-0.25, -0.2) is 4.98 Å². The molecule has 1 aromatic carbocycles. The van der Waals surface area contributed by atoms with Crippen LogP contribution in [0.5, 0.6) is 0 Å². The van der Waals surface area contributed by atoms with E-state index in [1.54, 1.807) is 0 Å². The molecule has 0 fully saturated rings. The van der Waals surface area contributed by atoms with E-state index >= 15 is 0 Å². The first-order valence-electron chi connectivity index (χ1n) is 4.37. The van der Waals surface area contributed by atoms with Crippen LogP contribution in [0.4, 0.5) is 0 Å². The normalized spacial score (nSPS) is 13.4. The van der Waals surface area contributed by atoms with Crippen molar-refractivity contribution in [2.24, 2.45) is 5.73 Å². The third-order valence-corrected chi connectivity index (χ3v) is 2.09. The van der Waals surface area contributed by atoms with Crippen LogP contribution in [0.2, 0.25) is 0 Å². The average Bonchev–Trinajstić information content (AvgIpc) is 2.59. The molecule has 68 valence electrons. The Bertz CT molecular complexity index is 375. The van der Waals surface area contributed by atoms with E-state index < -0.39 is 0 Å². The van der Waals surface area contributed by atoms with E-state index in [1.807, 2.05) is 31.2 Å². The lowest BCUT2D eigenvalue weighted by atomic mass is 10.2. The lowest BCUT2D eigenvalue weighted by Crippen LogP contribution is -2.08. The second-order valence-corrected chi connectivity index (χ2v) is 3.16. The number of hydrogen-bond donors (Lipinski definition) is 1. The highest BCUT2D eigenvalue weighted by Gasteiger charge is 2.10. The standard InChI is InChI=1S/C10H12N2O/c1-7(6-11)10-12-8-4-2-3-5-9(8)13-10/h2-5,7H,6,11H2,1H3/t7-/m0/s1. The summed E-state index contributed by atoms with van der Waals surface area (Å²) in [5, 5.41) is 0. The van der Waals surface area contributed by atoms with Crippen molar-refractivity contribution in [2.75, 3.05) is 6.54 Å². The van der Waals surface area contributed by atoms with Gasteiger partial charge in [0.25, 0.3) is 0 Å². The van der Waals surface area contributed by atoms with Crippen molar-refractivity contribution < 1.29 is 4.42 Å². The molecule has 1 aromatic heterocycles. The third-order valence-electron chi connectivity index (χ3n) is 2.09. The van der Waals surface area contributed by atoms with Crippen LogP contribution < -0.4 is 5.73 Å².